The van der Waals surface area contributed by atoms with Crippen molar-refractivity contribution >= 4 is 0 Å². The summed E-state index contributed by atoms with van der Waals surface area (Å²) < 4.78 is 5.28. The van der Waals surface area contributed by atoms with Gasteiger partial charge in [0.15, 0.2) is 0 Å². The third-order valence-corrected chi connectivity index (χ3v) is 3.14. The van der Waals surface area contributed by atoms with Crippen molar-refractivity contribution in [1.82, 2.24) is 9.80 Å². The zero-order chi connectivity index (χ0) is 10.0. The number of aliphatic hydroxyl groups is 1. The van der Waals surface area contributed by atoms with Crippen LogP contribution in [0.5, 0.6) is 0 Å². The Bertz CT molecular complexity index is 195. The number of hydrogen-bond acceptors (Lipinski definition) is 4. The molecule has 2 fully saturated rings. The maximum atomic E-state index is 10.3. The summed E-state index contributed by atoms with van der Waals surface area (Å²) >= 11 is 0. The van der Waals surface area contributed by atoms with Crippen molar-refractivity contribution in [1.29, 1.82) is 0 Å². The van der Waals surface area contributed by atoms with Gasteiger partial charge in [0.1, 0.15) is 0 Å². The van der Waals surface area contributed by atoms with E-state index in [2.05, 4.69) is 16.8 Å². The molecule has 2 aliphatic rings. The second-order valence-electron chi connectivity index (χ2n) is 4.60. The molecular formula is C10H20N2O2. The summed E-state index contributed by atoms with van der Waals surface area (Å²) in [7, 11) is 2.07. The van der Waals surface area contributed by atoms with Crippen molar-refractivity contribution in [2.24, 2.45) is 0 Å². The van der Waals surface area contributed by atoms with Gasteiger partial charge in [0.25, 0.3) is 0 Å². The summed E-state index contributed by atoms with van der Waals surface area (Å²) in [4.78, 5) is 4.50. The van der Waals surface area contributed by atoms with Crippen molar-refractivity contribution in [3.63, 3.8) is 0 Å². The smallest absolute Gasteiger partial charge is 0.0912 e. The Morgan fingerprint density at radius 2 is 2.00 bits per heavy atom. The predicted octanol–water partition coefficient (Wildman–Crippen LogP) is -0.615. The van der Waals surface area contributed by atoms with Gasteiger partial charge >= 0.3 is 0 Å². The number of likely N-dealkylation sites (tertiary alicyclic amines) is 1. The van der Waals surface area contributed by atoms with Gasteiger partial charge in [-0.1, -0.05) is 0 Å². The maximum Gasteiger partial charge on any atom is 0.0912 e. The fourth-order valence-electron chi connectivity index (χ4n) is 2.36. The van der Waals surface area contributed by atoms with E-state index in [4.69, 9.17) is 4.74 Å². The van der Waals surface area contributed by atoms with Crippen molar-refractivity contribution in [2.45, 2.75) is 12.0 Å². The minimum atomic E-state index is -0.480. The molecule has 2 saturated heterocycles. The van der Waals surface area contributed by atoms with E-state index in [1.54, 1.807) is 0 Å². The average molecular weight is 200 g/mol. The van der Waals surface area contributed by atoms with Crippen molar-refractivity contribution in [3.8, 4) is 0 Å². The molecule has 0 bridgehead atoms. The first-order chi connectivity index (χ1) is 6.68. The minimum Gasteiger partial charge on any atom is -0.387 e. The van der Waals surface area contributed by atoms with Crippen LogP contribution in [-0.2, 0) is 4.74 Å². The van der Waals surface area contributed by atoms with Crippen molar-refractivity contribution < 1.29 is 9.84 Å². The average Bonchev–Trinajstić information content (AvgIpc) is 2.47. The second-order valence-corrected chi connectivity index (χ2v) is 4.60. The van der Waals surface area contributed by atoms with Gasteiger partial charge in [0.05, 0.1) is 18.8 Å². The number of rotatable bonds is 2. The van der Waals surface area contributed by atoms with Crippen LogP contribution in [0.3, 0.4) is 0 Å². The van der Waals surface area contributed by atoms with E-state index in [1.165, 1.54) is 0 Å². The lowest BCUT2D eigenvalue weighted by Gasteiger charge is -2.33. The highest BCUT2D eigenvalue weighted by Gasteiger charge is 2.36. The number of β-amino-alcohol motifs (C(OH)–C–C–N with tert-alkyl or cyclic N) is 1. The van der Waals surface area contributed by atoms with Crippen LogP contribution in [0.15, 0.2) is 0 Å². The highest BCUT2D eigenvalue weighted by atomic mass is 16.5. The first kappa shape index (κ1) is 10.4. The highest BCUT2D eigenvalue weighted by Crippen LogP contribution is 2.21. The Balaban J connectivity index is 1.83. The lowest BCUT2D eigenvalue weighted by atomic mass is 10.0. The van der Waals surface area contributed by atoms with Crippen molar-refractivity contribution in [2.75, 3.05) is 53.0 Å². The Morgan fingerprint density at radius 3 is 2.57 bits per heavy atom. The normalized spacial score (nSPS) is 36.4. The summed E-state index contributed by atoms with van der Waals surface area (Å²) in [6, 6.07) is 0. The van der Waals surface area contributed by atoms with Crippen LogP contribution in [0.25, 0.3) is 0 Å². The summed E-state index contributed by atoms with van der Waals surface area (Å²) in [6.07, 6.45) is 0.904. The minimum absolute atomic E-state index is 0.480. The number of morpholine rings is 1. The quantitative estimate of drug-likeness (QED) is 0.645. The van der Waals surface area contributed by atoms with E-state index in [-0.39, 0.29) is 0 Å². The molecule has 4 nitrogen and oxygen atoms in total. The van der Waals surface area contributed by atoms with E-state index >= 15 is 0 Å². The number of ether oxygens (including phenoxy) is 1. The number of hydrogen-bond donors (Lipinski definition) is 1. The van der Waals surface area contributed by atoms with E-state index in [0.29, 0.717) is 0 Å². The highest BCUT2D eigenvalue weighted by molar-refractivity contribution is 4.91. The van der Waals surface area contributed by atoms with Crippen LogP contribution in [-0.4, -0.2) is 73.5 Å². The van der Waals surface area contributed by atoms with Crippen LogP contribution in [0.1, 0.15) is 6.42 Å². The Kier molecular flexibility index (Phi) is 3.07. The first-order valence-corrected chi connectivity index (χ1v) is 5.39. The molecule has 0 spiro atoms. The van der Waals surface area contributed by atoms with Crippen LogP contribution < -0.4 is 0 Å². The van der Waals surface area contributed by atoms with E-state index in [0.717, 1.165) is 52.4 Å². The van der Waals surface area contributed by atoms with E-state index < -0.39 is 5.60 Å². The summed E-state index contributed by atoms with van der Waals surface area (Å²) in [5, 5.41) is 10.3. The molecule has 82 valence electrons. The largest absolute Gasteiger partial charge is 0.387 e. The van der Waals surface area contributed by atoms with Gasteiger partial charge in [-0.3, -0.25) is 4.90 Å². The van der Waals surface area contributed by atoms with E-state index in [9.17, 15) is 5.11 Å². The molecule has 0 amide bonds. The van der Waals surface area contributed by atoms with Gasteiger partial charge < -0.3 is 14.7 Å². The molecule has 1 atom stereocenters. The zero-order valence-corrected chi connectivity index (χ0v) is 8.91. The lowest BCUT2D eigenvalue weighted by Crippen LogP contribution is -2.48. The summed E-state index contributed by atoms with van der Waals surface area (Å²) in [6.45, 7) is 6.18. The van der Waals surface area contributed by atoms with Gasteiger partial charge in [0.2, 0.25) is 0 Å². The first-order valence-electron chi connectivity index (χ1n) is 5.39. The van der Waals surface area contributed by atoms with Gasteiger partial charge in [-0.15, -0.1) is 0 Å². The van der Waals surface area contributed by atoms with Gasteiger partial charge in [-0.05, 0) is 13.5 Å². The fraction of sp³-hybridized carbons (Fsp3) is 1.00. The zero-order valence-electron chi connectivity index (χ0n) is 8.91. The molecule has 0 aromatic heterocycles. The molecular weight excluding hydrogens is 180 g/mol. The van der Waals surface area contributed by atoms with E-state index in [1.807, 2.05) is 0 Å². The van der Waals surface area contributed by atoms with Gasteiger partial charge in [-0.25, -0.2) is 0 Å². The third kappa shape index (κ3) is 2.45. The molecule has 14 heavy (non-hydrogen) atoms. The van der Waals surface area contributed by atoms with Crippen molar-refractivity contribution in [3.05, 3.63) is 0 Å². The molecule has 2 rings (SSSR count). The summed E-state index contributed by atoms with van der Waals surface area (Å²) in [5.74, 6) is 0. The molecule has 0 radical (unpaired) electrons. The Morgan fingerprint density at radius 1 is 1.29 bits per heavy atom. The van der Waals surface area contributed by atoms with Gasteiger partial charge in [0, 0.05) is 32.7 Å². The summed E-state index contributed by atoms with van der Waals surface area (Å²) in [5.41, 5.74) is -0.480. The predicted molar refractivity (Wildman–Crippen MR) is 54.3 cm³/mol. The number of likely N-dealkylation sites (N-methyl/N-ethyl adjacent to an activating group) is 1. The second kappa shape index (κ2) is 4.14. The molecule has 1 unspecified atom stereocenters. The van der Waals surface area contributed by atoms with Crippen LogP contribution in [0.4, 0.5) is 0 Å². The van der Waals surface area contributed by atoms with Crippen LogP contribution in [0, 0.1) is 0 Å². The molecule has 1 N–H and O–H groups in total. The monoisotopic (exact) mass is 200 g/mol. The molecule has 2 aliphatic heterocycles. The molecule has 0 saturated carbocycles. The molecule has 2 heterocycles. The SMILES string of the molecule is CN1CCC(O)(CN2CCOCC2)C1. The molecule has 4 heteroatoms. The Labute approximate surface area is 85.4 Å². The number of nitrogens with zero attached hydrogens (tertiary/aromatic N) is 2. The van der Waals surface area contributed by atoms with Crippen LogP contribution >= 0.6 is 0 Å². The standard InChI is InChI=1S/C10H20N2O2/c1-11-3-2-10(13,8-11)9-12-4-6-14-7-5-12/h13H,2-9H2,1H3. The topological polar surface area (TPSA) is 35.9 Å². The fourth-order valence-corrected chi connectivity index (χ4v) is 2.36. The third-order valence-electron chi connectivity index (χ3n) is 3.14. The molecule has 0 aromatic carbocycles. The molecule has 0 aliphatic carbocycles. The maximum absolute atomic E-state index is 10.3. The van der Waals surface area contributed by atoms with Crippen LogP contribution in [0.2, 0.25) is 0 Å². The Hall–Kier alpha value is -0.160. The molecule has 0 aromatic rings. The lowest BCUT2D eigenvalue weighted by molar-refractivity contribution is -0.0254. The van der Waals surface area contributed by atoms with Gasteiger partial charge in [-0.2, -0.15) is 0 Å².